The van der Waals surface area contributed by atoms with E-state index in [1.165, 1.54) is 6.07 Å². The molecule has 14 heavy (non-hydrogen) atoms. The predicted octanol–water partition coefficient (Wildman–Crippen LogP) is 3.35. The third kappa shape index (κ3) is 2.68. The quantitative estimate of drug-likeness (QED) is 0.501. The summed E-state index contributed by atoms with van der Waals surface area (Å²) in [4.78, 5) is 0. The highest BCUT2D eigenvalue weighted by molar-refractivity contribution is 6.19. The van der Waals surface area contributed by atoms with Crippen LogP contribution in [0.2, 0.25) is 0 Å². The SMILES string of the molecule is Fc1cc(C#CCCl)ccc1C(F)F. The average Bonchev–Trinajstić information content (AvgIpc) is 2.14. The van der Waals surface area contributed by atoms with Gasteiger partial charge in [-0.2, -0.15) is 0 Å². The molecule has 1 rings (SSSR count). The molecule has 0 heterocycles. The molecule has 0 N–H and O–H groups in total. The van der Waals surface area contributed by atoms with Crippen LogP contribution in [0.3, 0.4) is 0 Å². The van der Waals surface area contributed by atoms with Gasteiger partial charge in [-0.25, -0.2) is 13.2 Å². The Hall–Kier alpha value is -1.14. The van der Waals surface area contributed by atoms with Crippen molar-refractivity contribution in [2.24, 2.45) is 0 Å². The number of halogens is 4. The lowest BCUT2D eigenvalue weighted by Crippen LogP contribution is -1.91. The zero-order valence-electron chi connectivity index (χ0n) is 7.03. The second-order valence-electron chi connectivity index (χ2n) is 2.47. The summed E-state index contributed by atoms with van der Waals surface area (Å²) in [6.07, 6.45) is -2.80. The zero-order valence-corrected chi connectivity index (χ0v) is 7.78. The van der Waals surface area contributed by atoms with Crippen molar-refractivity contribution >= 4 is 11.6 Å². The van der Waals surface area contributed by atoms with Gasteiger partial charge in [0.15, 0.2) is 0 Å². The highest BCUT2D eigenvalue weighted by Crippen LogP contribution is 2.22. The van der Waals surface area contributed by atoms with Gasteiger partial charge >= 0.3 is 0 Å². The van der Waals surface area contributed by atoms with E-state index < -0.39 is 17.8 Å². The van der Waals surface area contributed by atoms with Gasteiger partial charge < -0.3 is 0 Å². The van der Waals surface area contributed by atoms with Crippen molar-refractivity contribution in [3.63, 3.8) is 0 Å². The topological polar surface area (TPSA) is 0 Å². The van der Waals surface area contributed by atoms with E-state index in [1.807, 2.05) is 0 Å². The first-order chi connectivity index (χ1) is 6.65. The van der Waals surface area contributed by atoms with E-state index in [1.54, 1.807) is 0 Å². The average molecular weight is 219 g/mol. The van der Waals surface area contributed by atoms with Crippen LogP contribution >= 0.6 is 11.6 Å². The smallest absolute Gasteiger partial charge is 0.206 e. The summed E-state index contributed by atoms with van der Waals surface area (Å²) in [7, 11) is 0. The van der Waals surface area contributed by atoms with E-state index in [9.17, 15) is 13.2 Å². The van der Waals surface area contributed by atoms with Crippen LogP contribution in [-0.4, -0.2) is 5.88 Å². The van der Waals surface area contributed by atoms with Crippen molar-refractivity contribution in [1.29, 1.82) is 0 Å². The van der Waals surface area contributed by atoms with Crippen molar-refractivity contribution in [2.45, 2.75) is 6.43 Å². The summed E-state index contributed by atoms with van der Waals surface area (Å²) in [5, 5.41) is 0. The van der Waals surface area contributed by atoms with Gasteiger partial charge in [0.25, 0.3) is 6.43 Å². The normalized spacial score (nSPS) is 9.79. The van der Waals surface area contributed by atoms with Gasteiger partial charge in [-0.3, -0.25) is 0 Å². The van der Waals surface area contributed by atoms with Crippen LogP contribution < -0.4 is 0 Å². The highest BCUT2D eigenvalue weighted by Gasteiger charge is 2.12. The Balaban J connectivity index is 3.00. The number of benzene rings is 1. The summed E-state index contributed by atoms with van der Waals surface area (Å²) in [5.41, 5.74) is -0.269. The van der Waals surface area contributed by atoms with Crippen LogP contribution in [0.15, 0.2) is 18.2 Å². The predicted molar refractivity (Wildman–Crippen MR) is 49.0 cm³/mol. The van der Waals surface area contributed by atoms with Gasteiger partial charge in [-0.15, -0.1) is 11.6 Å². The molecule has 0 amide bonds. The molecule has 0 unspecified atom stereocenters. The van der Waals surface area contributed by atoms with E-state index in [2.05, 4.69) is 11.8 Å². The van der Waals surface area contributed by atoms with E-state index in [-0.39, 0.29) is 5.88 Å². The van der Waals surface area contributed by atoms with Crippen molar-refractivity contribution in [2.75, 3.05) is 5.88 Å². The maximum Gasteiger partial charge on any atom is 0.266 e. The molecule has 0 aliphatic carbocycles. The van der Waals surface area contributed by atoms with Gasteiger partial charge in [0.1, 0.15) is 5.82 Å². The van der Waals surface area contributed by atoms with Crippen molar-refractivity contribution < 1.29 is 13.2 Å². The standard InChI is InChI=1S/C10H6ClF3/c11-5-1-2-7-3-4-8(10(13)14)9(12)6-7/h3-4,6,10H,5H2. The molecule has 0 radical (unpaired) electrons. The highest BCUT2D eigenvalue weighted by atomic mass is 35.5. The third-order valence-electron chi connectivity index (χ3n) is 1.54. The summed E-state index contributed by atoms with van der Waals surface area (Å²) in [5.74, 6) is 4.22. The number of alkyl halides is 3. The Bertz CT molecular complexity index is 377. The van der Waals surface area contributed by atoms with Gasteiger partial charge in [0.05, 0.1) is 11.4 Å². The Kier molecular flexibility index (Phi) is 3.84. The van der Waals surface area contributed by atoms with Crippen molar-refractivity contribution in [3.8, 4) is 11.8 Å². The number of rotatable bonds is 1. The fourth-order valence-electron chi connectivity index (χ4n) is 0.917. The second-order valence-corrected chi connectivity index (χ2v) is 2.74. The molecule has 0 fully saturated rings. The summed E-state index contributed by atoms with van der Waals surface area (Å²) in [6.45, 7) is 0. The Morgan fingerprint density at radius 1 is 1.36 bits per heavy atom. The fourth-order valence-corrected chi connectivity index (χ4v) is 0.984. The summed E-state index contributed by atoms with van der Waals surface area (Å²) in [6, 6.07) is 3.34. The Morgan fingerprint density at radius 3 is 2.57 bits per heavy atom. The molecule has 0 aromatic heterocycles. The molecule has 0 nitrogen and oxygen atoms in total. The summed E-state index contributed by atoms with van der Waals surface area (Å²) >= 11 is 5.29. The van der Waals surface area contributed by atoms with Crippen LogP contribution in [0.4, 0.5) is 13.2 Å². The van der Waals surface area contributed by atoms with Gasteiger partial charge in [0.2, 0.25) is 0 Å². The third-order valence-corrected chi connectivity index (χ3v) is 1.67. The van der Waals surface area contributed by atoms with Crippen LogP contribution in [-0.2, 0) is 0 Å². The zero-order chi connectivity index (χ0) is 10.6. The molecule has 0 saturated heterocycles. The van der Waals surface area contributed by atoms with Crippen LogP contribution in [0.5, 0.6) is 0 Å². The minimum absolute atomic E-state index is 0.123. The molecule has 1 aromatic carbocycles. The molecular weight excluding hydrogens is 213 g/mol. The lowest BCUT2D eigenvalue weighted by atomic mass is 10.1. The van der Waals surface area contributed by atoms with E-state index in [4.69, 9.17) is 11.6 Å². The van der Waals surface area contributed by atoms with Crippen LogP contribution in [0.1, 0.15) is 17.6 Å². The molecule has 0 aliphatic heterocycles. The first-order valence-electron chi connectivity index (χ1n) is 3.77. The molecular formula is C10H6ClF3. The monoisotopic (exact) mass is 218 g/mol. The fraction of sp³-hybridized carbons (Fsp3) is 0.200. The van der Waals surface area contributed by atoms with E-state index in [0.29, 0.717) is 5.56 Å². The van der Waals surface area contributed by atoms with Crippen molar-refractivity contribution in [1.82, 2.24) is 0 Å². The van der Waals surface area contributed by atoms with Crippen molar-refractivity contribution in [3.05, 3.63) is 35.1 Å². The van der Waals surface area contributed by atoms with E-state index in [0.717, 1.165) is 12.1 Å². The lowest BCUT2D eigenvalue weighted by molar-refractivity contribution is 0.146. The first-order valence-corrected chi connectivity index (χ1v) is 4.31. The number of hydrogen-bond donors (Lipinski definition) is 0. The molecule has 1 aromatic rings. The Morgan fingerprint density at radius 2 is 2.07 bits per heavy atom. The van der Waals surface area contributed by atoms with Gasteiger partial charge in [-0.1, -0.05) is 11.8 Å². The molecule has 0 saturated carbocycles. The number of hydrogen-bond acceptors (Lipinski definition) is 0. The molecule has 0 bridgehead atoms. The largest absolute Gasteiger partial charge is 0.266 e. The van der Waals surface area contributed by atoms with Gasteiger partial charge in [-0.05, 0) is 18.2 Å². The minimum Gasteiger partial charge on any atom is -0.206 e. The Labute approximate surface area is 84.7 Å². The second kappa shape index (κ2) is 4.92. The van der Waals surface area contributed by atoms with E-state index >= 15 is 0 Å². The lowest BCUT2D eigenvalue weighted by Gasteiger charge is -2.00. The maximum atomic E-state index is 12.9. The minimum atomic E-state index is -2.80. The first kappa shape index (κ1) is 10.9. The molecule has 4 heteroatoms. The van der Waals surface area contributed by atoms with Crippen LogP contribution in [0, 0.1) is 17.7 Å². The summed E-state index contributed by atoms with van der Waals surface area (Å²) < 4.78 is 37.2. The molecule has 0 atom stereocenters. The molecule has 74 valence electrons. The van der Waals surface area contributed by atoms with Gasteiger partial charge in [0, 0.05) is 5.56 Å². The molecule has 0 spiro atoms. The maximum absolute atomic E-state index is 12.9. The molecule has 0 aliphatic rings. The van der Waals surface area contributed by atoms with Crippen LogP contribution in [0.25, 0.3) is 0 Å².